The van der Waals surface area contributed by atoms with Crippen molar-refractivity contribution in [2.75, 3.05) is 5.32 Å². The van der Waals surface area contributed by atoms with E-state index in [-0.39, 0.29) is 11.2 Å². The fourth-order valence-corrected chi connectivity index (χ4v) is 4.06. The maximum Gasteiger partial charge on any atom is 0.237 e. The van der Waals surface area contributed by atoms with Crippen LogP contribution in [0.25, 0.3) is 10.9 Å². The fraction of sp³-hybridized carbons (Fsp3) is 0.286. The van der Waals surface area contributed by atoms with Crippen molar-refractivity contribution in [1.29, 1.82) is 0 Å². The average molecular weight is 366 g/mol. The van der Waals surface area contributed by atoms with Gasteiger partial charge in [-0.15, -0.1) is 0 Å². The standard InChI is InChI=1S/C21H23N3OS/c1-12-10-13(2)19(14(3)11-12)24-20(25)15(4)26-21-17-8-6-7-9-18(17)22-16(5)23-21/h6-11,15H,1-5H3,(H,24,25)/t15-/m1/s1. The molecule has 0 aliphatic rings. The molecule has 3 aromatic rings. The van der Waals surface area contributed by atoms with Crippen LogP contribution in [0.15, 0.2) is 41.4 Å². The number of thioether (sulfide) groups is 1. The molecule has 0 radical (unpaired) electrons. The molecule has 0 bridgehead atoms. The predicted molar refractivity (Wildman–Crippen MR) is 109 cm³/mol. The third-order valence-corrected chi connectivity index (χ3v) is 5.37. The molecule has 1 amide bonds. The highest BCUT2D eigenvalue weighted by Gasteiger charge is 2.19. The van der Waals surface area contributed by atoms with E-state index >= 15 is 0 Å². The number of nitrogens with zero attached hydrogens (tertiary/aromatic N) is 2. The lowest BCUT2D eigenvalue weighted by atomic mass is 10.1. The maximum atomic E-state index is 12.8. The van der Waals surface area contributed by atoms with Crippen LogP contribution < -0.4 is 5.32 Å². The normalized spacial score (nSPS) is 12.2. The molecule has 2 aromatic carbocycles. The van der Waals surface area contributed by atoms with E-state index in [1.165, 1.54) is 17.3 Å². The molecule has 4 nitrogen and oxygen atoms in total. The number of hydrogen-bond donors (Lipinski definition) is 1. The number of benzene rings is 2. The molecular formula is C21H23N3OS. The Morgan fingerprint density at radius 2 is 1.69 bits per heavy atom. The van der Waals surface area contributed by atoms with Gasteiger partial charge in [0, 0.05) is 11.1 Å². The molecule has 5 heteroatoms. The molecule has 1 heterocycles. The lowest BCUT2D eigenvalue weighted by Crippen LogP contribution is -2.23. The number of para-hydroxylation sites is 1. The van der Waals surface area contributed by atoms with Crippen molar-refractivity contribution < 1.29 is 4.79 Å². The van der Waals surface area contributed by atoms with Gasteiger partial charge in [0.15, 0.2) is 0 Å². The molecule has 1 atom stereocenters. The molecule has 0 spiro atoms. The SMILES string of the molecule is Cc1cc(C)c(NC(=O)[C@@H](C)Sc2nc(C)nc3ccccc23)c(C)c1. The summed E-state index contributed by atoms with van der Waals surface area (Å²) in [5.74, 6) is 0.689. The van der Waals surface area contributed by atoms with Crippen LogP contribution in [-0.4, -0.2) is 21.1 Å². The average Bonchev–Trinajstić information content (AvgIpc) is 2.57. The van der Waals surface area contributed by atoms with Crippen molar-refractivity contribution in [3.8, 4) is 0 Å². The smallest absolute Gasteiger partial charge is 0.237 e. The number of carbonyl (C=O) groups excluding carboxylic acids is 1. The lowest BCUT2D eigenvalue weighted by molar-refractivity contribution is -0.115. The van der Waals surface area contributed by atoms with E-state index in [2.05, 4.69) is 34.3 Å². The Balaban J connectivity index is 1.83. The van der Waals surface area contributed by atoms with Crippen LogP contribution in [-0.2, 0) is 4.79 Å². The van der Waals surface area contributed by atoms with Crippen LogP contribution in [0.1, 0.15) is 29.4 Å². The minimum atomic E-state index is -0.271. The number of amides is 1. The summed E-state index contributed by atoms with van der Waals surface area (Å²) in [6, 6.07) is 12.1. The van der Waals surface area contributed by atoms with Crippen molar-refractivity contribution >= 4 is 34.3 Å². The summed E-state index contributed by atoms with van der Waals surface area (Å²) in [5, 5.41) is 4.63. The Labute approximate surface area is 158 Å². The first-order chi connectivity index (χ1) is 12.3. The number of hydrogen-bond acceptors (Lipinski definition) is 4. The third kappa shape index (κ3) is 3.88. The van der Waals surface area contributed by atoms with Gasteiger partial charge in [-0.1, -0.05) is 47.7 Å². The van der Waals surface area contributed by atoms with Crippen molar-refractivity contribution in [2.45, 2.75) is 44.9 Å². The molecule has 0 saturated carbocycles. The molecule has 0 aliphatic heterocycles. The highest BCUT2D eigenvalue weighted by atomic mass is 32.2. The third-order valence-electron chi connectivity index (χ3n) is 4.26. The van der Waals surface area contributed by atoms with Crippen molar-refractivity contribution in [2.24, 2.45) is 0 Å². The van der Waals surface area contributed by atoms with Crippen LogP contribution >= 0.6 is 11.8 Å². The van der Waals surface area contributed by atoms with Gasteiger partial charge in [0.2, 0.25) is 5.91 Å². The maximum absolute atomic E-state index is 12.8. The predicted octanol–water partition coefficient (Wildman–Crippen LogP) is 4.98. The number of rotatable bonds is 4. The molecule has 134 valence electrons. The fourth-order valence-electron chi connectivity index (χ4n) is 3.07. The molecule has 1 aromatic heterocycles. The molecule has 0 unspecified atom stereocenters. The zero-order valence-corrected chi connectivity index (χ0v) is 16.6. The first-order valence-electron chi connectivity index (χ1n) is 8.64. The van der Waals surface area contributed by atoms with Crippen molar-refractivity contribution in [3.05, 3.63) is 58.9 Å². The summed E-state index contributed by atoms with van der Waals surface area (Å²) in [4.78, 5) is 21.8. The van der Waals surface area contributed by atoms with E-state index in [1.807, 2.05) is 52.0 Å². The molecule has 26 heavy (non-hydrogen) atoms. The van der Waals surface area contributed by atoms with E-state index in [0.29, 0.717) is 5.82 Å². The van der Waals surface area contributed by atoms with E-state index < -0.39 is 0 Å². The van der Waals surface area contributed by atoms with Crippen LogP contribution in [0, 0.1) is 27.7 Å². The Morgan fingerprint density at radius 3 is 2.38 bits per heavy atom. The minimum Gasteiger partial charge on any atom is -0.325 e. The second kappa shape index (κ2) is 7.46. The van der Waals surface area contributed by atoms with Gasteiger partial charge in [-0.2, -0.15) is 0 Å². The summed E-state index contributed by atoms with van der Waals surface area (Å²) in [7, 11) is 0. The molecule has 3 rings (SSSR count). The van der Waals surface area contributed by atoms with Gasteiger partial charge >= 0.3 is 0 Å². The Hall–Kier alpha value is -2.40. The first-order valence-corrected chi connectivity index (χ1v) is 9.52. The van der Waals surface area contributed by atoms with E-state index in [0.717, 1.165) is 32.7 Å². The zero-order valence-electron chi connectivity index (χ0n) is 15.8. The molecule has 0 aliphatic carbocycles. The summed E-state index contributed by atoms with van der Waals surface area (Å²) in [5.41, 5.74) is 5.16. The van der Waals surface area contributed by atoms with Crippen molar-refractivity contribution in [1.82, 2.24) is 9.97 Å². The quantitative estimate of drug-likeness (QED) is 0.523. The van der Waals surface area contributed by atoms with Crippen LogP contribution in [0.5, 0.6) is 0 Å². The van der Waals surface area contributed by atoms with Crippen molar-refractivity contribution in [3.63, 3.8) is 0 Å². The van der Waals surface area contributed by atoms with Gasteiger partial charge in [0.1, 0.15) is 10.9 Å². The largest absolute Gasteiger partial charge is 0.325 e. The molecule has 0 fully saturated rings. The Kier molecular flexibility index (Phi) is 5.28. The highest BCUT2D eigenvalue weighted by molar-refractivity contribution is 8.00. The van der Waals surface area contributed by atoms with Gasteiger partial charge in [0.25, 0.3) is 0 Å². The summed E-state index contributed by atoms with van der Waals surface area (Å²) in [6.07, 6.45) is 0. The molecule has 0 saturated heterocycles. The van der Waals surface area contributed by atoms with E-state index in [1.54, 1.807) is 0 Å². The van der Waals surface area contributed by atoms with Crippen LogP contribution in [0.3, 0.4) is 0 Å². The summed E-state index contributed by atoms with van der Waals surface area (Å²) < 4.78 is 0. The minimum absolute atomic E-state index is 0.0228. The summed E-state index contributed by atoms with van der Waals surface area (Å²) >= 11 is 1.47. The number of carbonyl (C=O) groups is 1. The van der Waals surface area contributed by atoms with Gasteiger partial charge in [-0.05, 0) is 51.8 Å². The highest BCUT2D eigenvalue weighted by Crippen LogP contribution is 2.30. The van der Waals surface area contributed by atoms with Gasteiger partial charge in [-0.3, -0.25) is 4.79 Å². The second-order valence-corrected chi connectivity index (χ2v) is 7.95. The number of anilines is 1. The topological polar surface area (TPSA) is 54.9 Å². The van der Waals surface area contributed by atoms with Gasteiger partial charge in [-0.25, -0.2) is 9.97 Å². The van der Waals surface area contributed by atoms with Crippen LogP contribution in [0.2, 0.25) is 0 Å². The number of fused-ring (bicyclic) bond motifs is 1. The molecule has 1 N–H and O–H groups in total. The van der Waals surface area contributed by atoms with E-state index in [9.17, 15) is 4.79 Å². The second-order valence-electron chi connectivity index (χ2n) is 6.62. The number of nitrogens with one attached hydrogen (secondary N) is 1. The number of aryl methyl sites for hydroxylation is 4. The Bertz CT molecular complexity index is 961. The van der Waals surface area contributed by atoms with Gasteiger partial charge in [0.05, 0.1) is 10.8 Å². The zero-order chi connectivity index (χ0) is 18.8. The van der Waals surface area contributed by atoms with E-state index in [4.69, 9.17) is 0 Å². The lowest BCUT2D eigenvalue weighted by Gasteiger charge is -2.16. The number of aromatic nitrogens is 2. The molecular weight excluding hydrogens is 342 g/mol. The van der Waals surface area contributed by atoms with Gasteiger partial charge < -0.3 is 5.32 Å². The van der Waals surface area contributed by atoms with Crippen LogP contribution in [0.4, 0.5) is 5.69 Å². The Morgan fingerprint density at radius 1 is 1.04 bits per heavy atom. The monoisotopic (exact) mass is 365 g/mol. The first kappa shape index (κ1) is 18.4. The summed E-state index contributed by atoms with van der Waals surface area (Å²) in [6.45, 7) is 9.89.